The van der Waals surface area contributed by atoms with E-state index in [4.69, 9.17) is 9.84 Å². The van der Waals surface area contributed by atoms with Crippen molar-refractivity contribution in [1.29, 1.82) is 0 Å². The van der Waals surface area contributed by atoms with E-state index in [1.807, 2.05) is 0 Å². The average Bonchev–Trinajstić information content (AvgIpc) is 2.78. The average molecular weight is 250 g/mol. The molecular weight excluding hydrogens is 240 g/mol. The lowest BCUT2D eigenvalue weighted by atomic mass is 10.1. The number of ether oxygens (including phenoxy) is 1. The van der Waals surface area contributed by atoms with Crippen LogP contribution in [0, 0.1) is 0 Å². The van der Waals surface area contributed by atoms with Crippen molar-refractivity contribution in [3.63, 3.8) is 0 Å². The Morgan fingerprint density at radius 3 is 2.59 bits per heavy atom. The molecule has 0 aliphatic carbocycles. The summed E-state index contributed by atoms with van der Waals surface area (Å²) in [6, 6.07) is 6.54. The number of aromatic carboxylic acids is 1. The number of hydrogen-bond acceptors (Lipinski definition) is 4. The van der Waals surface area contributed by atoms with Crippen molar-refractivity contribution in [2.24, 2.45) is 0 Å². The largest absolute Gasteiger partial charge is 0.504 e. The van der Waals surface area contributed by atoms with Crippen LogP contribution >= 0.6 is 11.3 Å². The Balaban J connectivity index is 2.39. The second kappa shape index (κ2) is 4.47. The lowest BCUT2D eigenvalue weighted by Gasteiger charge is -2.04. The molecule has 0 bridgehead atoms. The van der Waals surface area contributed by atoms with E-state index in [9.17, 15) is 9.90 Å². The summed E-state index contributed by atoms with van der Waals surface area (Å²) < 4.78 is 4.94. The lowest BCUT2D eigenvalue weighted by Crippen LogP contribution is -1.90. The topological polar surface area (TPSA) is 66.8 Å². The molecule has 0 unspecified atom stereocenters. The van der Waals surface area contributed by atoms with Crippen molar-refractivity contribution in [2.75, 3.05) is 7.11 Å². The van der Waals surface area contributed by atoms with E-state index in [-0.39, 0.29) is 10.6 Å². The zero-order valence-electron chi connectivity index (χ0n) is 9.01. The van der Waals surface area contributed by atoms with Gasteiger partial charge in [0.25, 0.3) is 0 Å². The Bertz CT molecular complexity index is 559. The predicted molar refractivity (Wildman–Crippen MR) is 64.9 cm³/mol. The summed E-state index contributed by atoms with van der Waals surface area (Å²) in [5, 5.41) is 20.2. The van der Waals surface area contributed by atoms with Crippen molar-refractivity contribution in [1.82, 2.24) is 0 Å². The second-order valence-corrected chi connectivity index (χ2v) is 4.30. The molecule has 88 valence electrons. The van der Waals surface area contributed by atoms with Gasteiger partial charge in [-0.15, -0.1) is 11.3 Å². The Labute approximate surface area is 102 Å². The lowest BCUT2D eigenvalue weighted by molar-refractivity contribution is 0.0702. The van der Waals surface area contributed by atoms with E-state index in [0.29, 0.717) is 5.75 Å². The number of carbonyl (C=O) groups is 1. The third kappa shape index (κ3) is 2.24. The van der Waals surface area contributed by atoms with Crippen LogP contribution in [0.3, 0.4) is 0 Å². The van der Waals surface area contributed by atoms with Crippen LogP contribution in [0.5, 0.6) is 11.5 Å². The number of hydrogen-bond donors (Lipinski definition) is 2. The van der Waals surface area contributed by atoms with Crippen LogP contribution in [-0.2, 0) is 0 Å². The first kappa shape index (κ1) is 11.5. The highest BCUT2D eigenvalue weighted by Crippen LogP contribution is 2.33. The van der Waals surface area contributed by atoms with E-state index in [0.717, 1.165) is 22.5 Å². The zero-order chi connectivity index (χ0) is 12.4. The zero-order valence-corrected chi connectivity index (χ0v) is 9.82. The van der Waals surface area contributed by atoms with Crippen LogP contribution in [-0.4, -0.2) is 23.3 Å². The molecule has 5 heteroatoms. The van der Waals surface area contributed by atoms with Gasteiger partial charge in [0, 0.05) is 0 Å². The molecule has 2 rings (SSSR count). The van der Waals surface area contributed by atoms with E-state index < -0.39 is 5.97 Å². The summed E-state index contributed by atoms with van der Waals surface area (Å²) in [7, 11) is 1.47. The summed E-state index contributed by atoms with van der Waals surface area (Å²) in [6.07, 6.45) is 0. The van der Waals surface area contributed by atoms with Crippen molar-refractivity contribution in [3.05, 3.63) is 34.5 Å². The van der Waals surface area contributed by atoms with E-state index in [1.165, 1.54) is 7.11 Å². The van der Waals surface area contributed by atoms with Gasteiger partial charge in [-0.05, 0) is 34.7 Å². The Hall–Kier alpha value is -2.01. The maximum atomic E-state index is 10.8. The van der Waals surface area contributed by atoms with Gasteiger partial charge in [0.15, 0.2) is 11.5 Å². The molecule has 1 aromatic heterocycles. The molecule has 1 aromatic carbocycles. The summed E-state index contributed by atoms with van der Waals surface area (Å²) in [6.45, 7) is 0. The molecule has 0 radical (unpaired) electrons. The number of phenolic OH excluding ortho intramolecular Hbond substituents is 1. The molecule has 0 amide bonds. The molecule has 2 aromatic rings. The fourth-order valence-electron chi connectivity index (χ4n) is 1.47. The summed E-state index contributed by atoms with van der Waals surface area (Å²) >= 11 is 1.16. The van der Waals surface area contributed by atoms with E-state index in [2.05, 4.69) is 0 Å². The SMILES string of the molecule is COc1ccc(-c2csc(C(=O)O)c2)cc1O. The van der Waals surface area contributed by atoms with Crippen LogP contribution in [0.15, 0.2) is 29.6 Å². The fourth-order valence-corrected chi connectivity index (χ4v) is 2.22. The van der Waals surface area contributed by atoms with Crippen LogP contribution < -0.4 is 4.74 Å². The number of benzene rings is 1. The normalized spacial score (nSPS) is 10.2. The molecule has 0 aliphatic heterocycles. The first-order valence-electron chi connectivity index (χ1n) is 4.81. The van der Waals surface area contributed by atoms with Gasteiger partial charge in [0.2, 0.25) is 0 Å². The standard InChI is InChI=1S/C12H10O4S/c1-16-10-3-2-7(4-9(10)13)8-5-11(12(14)15)17-6-8/h2-6,13H,1H3,(H,14,15). The molecule has 0 saturated heterocycles. The minimum atomic E-state index is -0.945. The minimum Gasteiger partial charge on any atom is -0.504 e. The monoisotopic (exact) mass is 250 g/mol. The van der Waals surface area contributed by atoms with Gasteiger partial charge in [0.1, 0.15) is 4.88 Å². The maximum Gasteiger partial charge on any atom is 0.345 e. The number of phenols is 1. The molecule has 0 spiro atoms. The number of aromatic hydroxyl groups is 1. The maximum absolute atomic E-state index is 10.8. The van der Waals surface area contributed by atoms with Crippen LogP contribution in [0.4, 0.5) is 0 Å². The summed E-state index contributed by atoms with van der Waals surface area (Å²) in [5.74, 6) is -0.519. The number of rotatable bonds is 3. The summed E-state index contributed by atoms with van der Waals surface area (Å²) in [4.78, 5) is 11.0. The Kier molecular flexibility index (Phi) is 3.01. The molecule has 4 nitrogen and oxygen atoms in total. The number of thiophene rings is 1. The fraction of sp³-hybridized carbons (Fsp3) is 0.0833. The Morgan fingerprint density at radius 2 is 2.06 bits per heavy atom. The smallest absolute Gasteiger partial charge is 0.345 e. The second-order valence-electron chi connectivity index (χ2n) is 3.39. The first-order valence-corrected chi connectivity index (χ1v) is 5.69. The summed E-state index contributed by atoms with van der Waals surface area (Å²) in [5.41, 5.74) is 1.53. The van der Waals surface area contributed by atoms with Crippen molar-refractivity contribution in [2.45, 2.75) is 0 Å². The molecule has 2 N–H and O–H groups in total. The first-order chi connectivity index (χ1) is 8.11. The van der Waals surface area contributed by atoms with E-state index in [1.54, 1.807) is 29.6 Å². The molecule has 0 aliphatic rings. The number of methoxy groups -OCH3 is 1. The van der Waals surface area contributed by atoms with Crippen LogP contribution in [0.1, 0.15) is 9.67 Å². The van der Waals surface area contributed by atoms with Gasteiger partial charge >= 0.3 is 5.97 Å². The van der Waals surface area contributed by atoms with E-state index >= 15 is 0 Å². The molecule has 1 heterocycles. The molecule has 0 atom stereocenters. The molecular formula is C12H10O4S. The van der Waals surface area contributed by atoms with Gasteiger partial charge in [-0.1, -0.05) is 6.07 Å². The van der Waals surface area contributed by atoms with Crippen LogP contribution in [0.2, 0.25) is 0 Å². The highest BCUT2D eigenvalue weighted by atomic mass is 32.1. The van der Waals surface area contributed by atoms with Gasteiger partial charge in [0.05, 0.1) is 7.11 Å². The van der Waals surface area contributed by atoms with Crippen molar-refractivity contribution >= 4 is 17.3 Å². The highest BCUT2D eigenvalue weighted by Gasteiger charge is 2.10. The van der Waals surface area contributed by atoms with Gasteiger partial charge in [-0.2, -0.15) is 0 Å². The van der Waals surface area contributed by atoms with Crippen molar-refractivity contribution < 1.29 is 19.7 Å². The third-order valence-corrected chi connectivity index (χ3v) is 3.24. The third-order valence-electron chi connectivity index (χ3n) is 2.32. The van der Waals surface area contributed by atoms with Crippen molar-refractivity contribution in [3.8, 4) is 22.6 Å². The highest BCUT2D eigenvalue weighted by molar-refractivity contribution is 7.12. The predicted octanol–water partition coefficient (Wildman–Crippen LogP) is 2.83. The molecule has 0 fully saturated rings. The number of carboxylic acids is 1. The molecule has 0 saturated carbocycles. The van der Waals surface area contributed by atoms with Crippen LogP contribution in [0.25, 0.3) is 11.1 Å². The molecule has 17 heavy (non-hydrogen) atoms. The quantitative estimate of drug-likeness (QED) is 0.879. The Morgan fingerprint density at radius 1 is 1.29 bits per heavy atom. The number of carboxylic acid groups (broad SMARTS) is 1. The minimum absolute atomic E-state index is 0.0353. The van der Waals surface area contributed by atoms with Gasteiger partial charge in [-0.25, -0.2) is 4.79 Å². The van der Waals surface area contributed by atoms with Gasteiger partial charge < -0.3 is 14.9 Å². The van der Waals surface area contributed by atoms with Gasteiger partial charge in [-0.3, -0.25) is 0 Å².